The van der Waals surface area contributed by atoms with Gasteiger partial charge in [-0.2, -0.15) is 26.3 Å². The first-order chi connectivity index (χ1) is 7.57. The van der Waals surface area contributed by atoms with Crippen molar-refractivity contribution in [3.05, 3.63) is 33.8 Å². The van der Waals surface area contributed by atoms with E-state index in [2.05, 4.69) is 0 Å². The topological polar surface area (TPSA) is 26.0 Å². The quantitative estimate of drug-likeness (QED) is 0.776. The summed E-state index contributed by atoms with van der Waals surface area (Å²) in [6.45, 7) is -0.591. The van der Waals surface area contributed by atoms with Gasteiger partial charge in [-0.3, -0.25) is 0 Å². The molecule has 0 amide bonds. The van der Waals surface area contributed by atoms with Gasteiger partial charge in [0, 0.05) is 11.6 Å². The van der Waals surface area contributed by atoms with Crippen LogP contribution in [0, 0.1) is 0 Å². The van der Waals surface area contributed by atoms with Crippen LogP contribution in [0.5, 0.6) is 0 Å². The van der Waals surface area contributed by atoms with Gasteiger partial charge in [-0.25, -0.2) is 0 Å². The van der Waals surface area contributed by atoms with Gasteiger partial charge in [0.25, 0.3) is 0 Å². The molecule has 2 N–H and O–H groups in total. The van der Waals surface area contributed by atoms with E-state index in [-0.39, 0.29) is 6.07 Å². The molecular weight excluding hydrogens is 272 g/mol. The molecule has 0 saturated heterocycles. The van der Waals surface area contributed by atoms with E-state index in [1.165, 1.54) is 0 Å². The zero-order valence-corrected chi connectivity index (χ0v) is 8.84. The van der Waals surface area contributed by atoms with Gasteiger partial charge < -0.3 is 5.73 Å². The van der Waals surface area contributed by atoms with Crippen molar-refractivity contribution in [2.45, 2.75) is 18.9 Å². The van der Waals surface area contributed by atoms with Gasteiger partial charge in [-0.15, -0.1) is 0 Å². The predicted octanol–water partition coefficient (Wildman–Crippen LogP) is 3.84. The summed E-state index contributed by atoms with van der Waals surface area (Å²) in [4.78, 5) is 0. The van der Waals surface area contributed by atoms with Crippen molar-refractivity contribution >= 4 is 11.6 Å². The lowest BCUT2D eigenvalue weighted by Crippen LogP contribution is -2.15. The Hall–Kier alpha value is -0.950. The normalized spacial score (nSPS) is 12.9. The number of alkyl halides is 6. The monoisotopic (exact) mass is 277 g/mol. The largest absolute Gasteiger partial charge is 0.416 e. The van der Waals surface area contributed by atoms with Gasteiger partial charge in [0.15, 0.2) is 0 Å². The Morgan fingerprint density at radius 3 is 1.88 bits per heavy atom. The van der Waals surface area contributed by atoms with Crippen LogP contribution in [-0.2, 0) is 18.9 Å². The highest BCUT2D eigenvalue weighted by Gasteiger charge is 2.38. The molecule has 96 valence electrons. The summed E-state index contributed by atoms with van der Waals surface area (Å²) < 4.78 is 74.4. The Labute approximate surface area is 97.2 Å². The Morgan fingerprint density at radius 1 is 1.00 bits per heavy atom. The second kappa shape index (κ2) is 4.38. The fourth-order valence-corrected chi connectivity index (χ4v) is 1.56. The molecule has 17 heavy (non-hydrogen) atoms. The van der Waals surface area contributed by atoms with Crippen LogP contribution >= 0.6 is 11.6 Å². The fraction of sp³-hybridized carbons (Fsp3) is 0.333. The standard InChI is InChI=1S/C9H6ClF6N/c10-7-2-4(8(11,12)13)1-6(5(7)3-17)9(14,15)16/h1-2H,3,17H2. The molecule has 1 nitrogen and oxygen atoms in total. The molecule has 0 aliphatic heterocycles. The molecule has 1 rings (SSSR count). The van der Waals surface area contributed by atoms with Crippen LogP contribution < -0.4 is 5.73 Å². The summed E-state index contributed by atoms with van der Waals surface area (Å²) in [6, 6.07) is 0.438. The molecular formula is C9H6ClF6N. The van der Waals surface area contributed by atoms with Crippen LogP contribution in [0.1, 0.15) is 16.7 Å². The van der Waals surface area contributed by atoms with Crippen LogP contribution in [0.15, 0.2) is 12.1 Å². The smallest absolute Gasteiger partial charge is 0.326 e. The van der Waals surface area contributed by atoms with E-state index in [9.17, 15) is 26.3 Å². The number of hydrogen-bond donors (Lipinski definition) is 1. The second-order valence-electron chi connectivity index (χ2n) is 3.18. The molecule has 0 radical (unpaired) electrons. The minimum atomic E-state index is -4.93. The summed E-state index contributed by atoms with van der Waals surface area (Å²) in [5, 5.41) is -0.644. The highest BCUT2D eigenvalue weighted by molar-refractivity contribution is 6.31. The second-order valence-corrected chi connectivity index (χ2v) is 3.59. The first kappa shape index (κ1) is 14.1. The van der Waals surface area contributed by atoms with Gasteiger partial charge in [0.1, 0.15) is 0 Å². The van der Waals surface area contributed by atoms with E-state index >= 15 is 0 Å². The van der Waals surface area contributed by atoms with Crippen molar-refractivity contribution < 1.29 is 26.3 Å². The van der Waals surface area contributed by atoms with Crippen molar-refractivity contribution in [2.24, 2.45) is 5.73 Å². The van der Waals surface area contributed by atoms with Gasteiger partial charge in [0.05, 0.1) is 11.1 Å². The van der Waals surface area contributed by atoms with Crippen LogP contribution in [-0.4, -0.2) is 0 Å². The lowest BCUT2D eigenvalue weighted by Gasteiger charge is -2.16. The summed E-state index contributed by atoms with van der Waals surface area (Å²) in [7, 11) is 0. The minimum absolute atomic E-state index is 0.00801. The lowest BCUT2D eigenvalue weighted by molar-refractivity contribution is -0.143. The molecule has 0 unspecified atom stereocenters. The van der Waals surface area contributed by atoms with E-state index in [1.807, 2.05) is 0 Å². The highest BCUT2D eigenvalue weighted by atomic mass is 35.5. The molecule has 0 saturated carbocycles. The van der Waals surface area contributed by atoms with Crippen LogP contribution in [0.3, 0.4) is 0 Å². The molecule has 0 aromatic heterocycles. The predicted molar refractivity (Wildman–Crippen MR) is 49.3 cm³/mol. The first-order valence-electron chi connectivity index (χ1n) is 4.24. The zero-order chi connectivity index (χ0) is 13.4. The molecule has 0 spiro atoms. The molecule has 0 bridgehead atoms. The third kappa shape index (κ3) is 3.04. The van der Waals surface area contributed by atoms with Crippen LogP contribution in [0.2, 0.25) is 5.02 Å². The third-order valence-corrected chi connectivity index (χ3v) is 2.37. The SMILES string of the molecule is NCc1c(Cl)cc(C(F)(F)F)cc1C(F)(F)F. The van der Waals surface area contributed by atoms with Gasteiger partial charge in [-0.05, 0) is 17.7 Å². The van der Waals surface area contributed by atoms with Gasteiger partial charge >= 0.3 is 12.4 Å². The Balaban J connectivity index is 3.51. The number of nitrogens with two attached hydrogens (primary N) is 1. The molecule has 0 heterocycles. The van der Waals surface area contributed by atoms with Crippen molar-refractivity contribution in [3.63, 3.8) is 0 Å². The number of rotatable bonds is 1. The minimum Gasteiger partial charge on any atom is -0.326 e. The molecule has 0 aliphatic rings. The third-order valence-electron chi connectivity index (χ3n) is 2.03. The van der Waals surface area contributed by atoms with Gasteiger partial charge in [0.2, 0.25) is 0 Å². The first-order valence-corrected chi connectivity index (χ1v) is 4.62. The highest BCUT2D eigenvalue weighted by Crippen LogP contribution is 2.40. The van der Waals surface area contributed by atoms with E-state index in [0.717, 1.165) is 0 Å². The van der Waals surface area contributed by atoms with Crippen molar-refractivity contribution in [1.82, 2.24) is 0 Å². The molecule has 0 fully saturated rings. The molecule has 0 atom stereocenters. The molecule has 0 aliphatic carbocycles. The van der Waals surface area contributed by atoms with E-state index in [0.29, 0.717) is 6.07 Å². The Morgan fingerprint density at radius 2 is 1.53 bits per heavy atom. The lowest BCUT2D eigenvalue weighted by atomic mass is 10.0. The summed E-state index contributed by atoms with van der Waals surface area (Å²) in [5.74, 6) is 0. The summed E-state index contributed by atoms with van der Waals surface area (Å²) in [5.41, 5.74) is 1.58. The van der Waals surface area contributed by atoms with Crippen molar-refractivity contribution in [1.29, 1.82) is 0 Å². The Kier molecular flexibility index (Phi) is 3.63. The maximum atomic E-state index is 12.5. The molecule has 8 heteroatoms. The van der Waals surface area contributed by atoms with E-state index in [4.69, 9.17) is 17.3 Å². The number of benzene rings is 1. The Bertz CT molecular complexity index is 423. The maximum absolute atomic E-state index is 12.5. The summed E-state index contributed by atoms with van der Waals surface area (Å²) >= 11 is 5.37. The average molecular weight is 278 g/mol. The van der Waals surface area contributed by atoms with Gasteiger partial charge in [-0.1, -0.05) is 11.6 Å². The van der Waals surface area contributed by atoms with Crippen LogP contribution in [0.4, 0.5) is 26.3 Å². The maximum Gasteiger partial charge on any atom is 0.416 e. The van der Waals surface area contributed by atoms with Crippen molar-refractivity contribution in [2.75, 3.05) is 0 Å². The van der Waals surface area contributed by atoms with Crippen LogP contribution in [0.25, 0.3) is 0 Å². The van der Waals surface area contributed by atoms with E-state index < -0.39 is 40.6 Å². The fourth-order valence-electron chi connectivity index (χ4n) is 1.26. The van der Waals surface area contributed by atoms with E-state index in [1.54, 1.807) is 0 Å². The molecule has 1 aromatic rings. The number of halogens is 7. The number of hydrogen-bond acceptors (Lipinski definition) is 1. The zero-order valence-electron chi connectivity index (χ0n) is 8.08. The average Bonchev–Trinajstić information content (AvgIpc) is 2.13. The molecule has 1 aromatic carbocycles. The summed E-state index contributed by atoms with van der Waals surface area (Å²) in [6.07, 6.45) is -9.82. The van der Waals surface area contributed by atoms with Crippen molar-refractivity contribution in [3.8, 4) is 0 Å².